The number of halogens is 1. The van der Waals surface area contributed by atoms with Crippen LogP contribution < -0.4 is 5.32 Å². The minimum absolute atomic E-state index is 0.739. The summed E-state index contributed by atoms with van der Waals surface area (Å²) >= 11 is 7.62. The molecule has 1 aromatic carbocycles. The van der Waals surface area contributed by atoms with Crippen LogP contribution in [0.25, 0.3) is 0 Å². The lowest BCUT2D eigenvalue weighted by Crippen LogP contribution is -1.99. The molecule has 1 N–H and O–H groups in total. The molecule has 2 nitrogen and oxygen atoms in total. The summed E-state index contributed by atoms with van der Waals surface area (Å²) in [4.78, 5) is 4.19. The largest absolute Gasteiger partial charge is 0.379 e. The molecule has 0 aliphatic rings. The van der Waals surface area contributed by atoms with E-state index in [2.05, 4.69) is 10.3 Å². The van der Waals surface area contributed by atoms with E-state index in [1.807, 2.05) is 36.0 Å². The Labute approximate surface area is 97.9 Å². The van der Waals surface area contributed by atoms with E-state index >= 15 is 0 Å². The van der Waals surface area contributed by atoms with Gasteiger partial charge in [0.2, 0.25) is 0 Å². The van der Waals surface area contributed by atoms with Gasteiger partial charge in [0.05, 0.1) is 17.7 Å². The van der Waals surface area contributed by atoms with Gasteiger partial charge in [0.1, 0.15) is 0 Å². The van der Waals surface area contributed by atoms with E-state index < -0.39 is 0 Å². The second-order valence-electron chi connectivity index (χ2n) is 3.30. The van der Waals surface area contributed by atoms with Crippen molar-refractivity contribution in [1.29, 1.82) is 0 Å². The molecular weight excluding hydrogens is 228 g/mol. The molecule has 4 heteroatoms. The Kier molecular flexibility index (Phi) is 3.23. The van der Waals surface area contributed by atoms with Crippen molar-refractivity contribution in [2.75, 3.05) is 5.32 Å². The topological polar surface area (TPSA) is 24.9 Å². The van der Waals surface area contributed by atoms with Crippen LogP contribution in [0, 0.1) is 6.92 Å². The monoisotopic (exact) mass is 238 g/mol. The normalized spacial score (nSPS) is 10.3. The number of hydrogen-bond donors (Lipinski definition) is 1. The van der Waals surface area contributed by atoms with Gasteiger partial charge in [-0.15, -0.1) is 11.3 Å². The van der Waals surface area contributed by atoms with Gasteiger partial charge in [0, 0.05) is 16.1 Å². The molecule has 0 spiro atoms. The van der Waals surface area contributed by atoms with Crippen LogP contribution >= 0.6 is 22.9 Å². The molecule has 0 saturated heterocycles. The molecule has 0 aliphatic heterocycles. The quantitative estimate of drug-likeness (QED) is 0.882. The molecule has 0 unspecified atom stereocenters. The lowest BCUT2D eigenvalue weighted by molar-refractivity contribution is 1.07. The lowest BCUT2D eigenvalue weighted by atomic mass is 10.2. The zero-order valence-electron chi connectivity index (χ0n) is 8.33. The Morgan fingerprint density at radius 2 is 2.33 bits per heavy atom. The van der Waals surface area contributed by atoms with Gasteiger partial charge in [-0.05, 0) is 24.6 Å². The van der Waals surface area contributed by atoms with Gasteiger partial charge >= 0.3 is 0 Å². The highest BCUT2D eigenvalue weighted by molar-refractivity contribution is 7.07. The SMILES string of the molecule is Cc1ccc(NCc2cscn2)cc1Cl. The van der Waals surface area contributed by atoms with Crippen molar-refractivity contribution < 1.29 is 0 Å². The van der Waals surface area contributed by atoms with E-state index in [9.17, 15) is 0 Å². The maximum atomic E-state index is 6.02. The predicted molar refractivity (Wildman–Crippen MR) is 65.6 cm³/mol. The molecule has 0 saturated carbocycles. The fourth-order valence-electron chi connectivity index (χ4n) is 1.22. The summed E-state index contributed by atoms with van der Waals surface area (Å²) < 4.78 is 0. The van der Waals surface area contributed by atoms with Gasteiger partial charge in [-0.2, -0.15) is 0 Å². The third-order valence-corrected chi connectivity index (χ3v) is 3.17. The Balaban J connectivity index is 2.02. The summed E-state index contributed by atoms with van der Waals surface area (Å²) in [7, 11) is 0. The van der Waals surface area contributed by atoms with Crippen LogP contribution in [-0.4, -0.2) is 4.98 Å². The first-order chi connectivity index (χ1) is 7.25. The smallest absolute Gasteiger partial charge is 0.0795 e. The number of nitrogens with zero attached hydrogens (tertiary/aromatic N) is 1. The van der Waals surface area contributed by atoms with Crippen LogP contribution in [0.5, 0.6) is 0 Å². The zero-order valence-corrected chi connectivity index (χ0v) is 9.90. The van der Waals surface area contributed by atoms with E-state index in [4.69, 9.17) is 11.6 Å². The van der Waals surface area contributed by atoms with Crippen LogP contribution in [-0.2, 0) is 6.54 Å². The van der Waals surface area contributed by atoms with E-state index in [-0.39, 0.29) is 0 Å². The minimum Gasteiger partial charge on any atom is -0.379 e. The number of aromatic nitrogens is 1. The standard InChI is InChI=1S/C11H11ClN2S/c1-8-2-3-9(4-11(8)12)13-5-10-6-15-7-14-10/h2-4,6-7,13H,5H2,1H3. The van der Waals surface area contributed by atoms with Crippen LogP contribution in [0.1, 0.15) is 11.3 Å². The van der Waals surface area contributed by atoms with Gasteiger partial charge in [0.15, 0.2) is 0 Å². The van der Waals surface area contributed by atoms with Gasteiger partial charge in [0.25, 0.3) is 0 Å². The second kappa shape index (κ2) is 4.64. The molecule has 0 aliphatic carbocycles. The fourth-order valence-corrected chi connectivity index (χ4v) is 1.96. The van der Waals surface area contributed by atoms with Crippen molar-refractivity contribution in [2.45, 2.75) is 13.5 Å². The van der Waals surface area contributed by atoms with E-state index in [0.717, 1.165) is 28.5 Å². The first-order valence-electron chi connectivity index (χ1n) is 4.63. The molecule has 2 rings (SSSR count). The maximum Gasteiger partial charge on any atom is 0.0795 e. The molecule has 2 aromatic rings. The van der Waals surface area contributed by atoms with Crippen molar-refractivity contribution in [3.63, 3.8) is 0 Å². The number of thiazole rings is 1. The van der Waals surface area contributed by atoms with Crippen LogP contribution in [0.2, 0.25) is 5.02 Å². The maximum absolute atomic E-state index is 6.02. The van der Waals surface area contributed by atoms with Gasteiger partial charge in [-0.1, -0.05) is 17.7 Å². The third-order valence-electron chi connectivity index (χ3n) is 2.13. The van der Waals surface area contributed by atoms with Crippen molar-refractivity contribution >= 4 is 28.6 Å². The Morgan fingerprint density at radius 3 is 3.00 bits per heavy atom. The molecular formula is C11H11ClN2S. The summed E-state index contributed by atoms with van der Waals surface area (Å²) in [5.74, 6) is 0. The van der Waals surface area contributed by atoms with Crippen molar-refractivity contribution in [3.05, 3.63) is 45.4 Å². The zero-order chi connectivity index (χ0) is 10.7. The van der Waals surface area contributed by atoms with E-state index in [1.54, 1.807) is 11.3 Å². The number of benzene rings is 1. The molecule has 1 heterocycles. The molecule has 0 radical (unpaired) electrons. The fraction of sp³-hybridized carbons (Fsp3) is 0.182. The van der Waals surface area contributed by atoms with E-state index in [0.29, 0.717) is 0 Å². The number of aryl methyl sites for hydroxylation is 1. The Bertz CT molecular complexity index is 440. The highest BCUT2D eigenvalue weighted by atomic mass is 35.5. The van der Waals surface area contributed by atoms with Crippen molar-refractivity contribution in [1.82, 2.24) is 4.98 Å². The molecule has 0 bridgehead atoms. The molecule has 15 heavy (non-hydrogen) atoms. The van der Waals surface area contributed by atoms with Gasteiger partial charge < -0.3 is 5.32 Å². The lowest BCUT2D eigenvalue weighted by Gasteiger charge is -2.06. The number of nitrogens with one attached hydrogen (secondary N) is 1. The summed E-state index contributed by atoms with van der Waals surface area (Å²) in [6.07, 6.45) is 0. The summed E-state index contributed by atoms with van der Waals surface area (Å²) in [6.45, 7) is 2.73. The van der Waals surface area contributed by atoms with E-state index in [1.165, 1.54) is 0 Å². The molecule has 78 valence electrons. The van der Waals surface area contributed by atoms with Crippen LogP contribution in [0.3, 0.4) is 0 Å². The highest BCUT2D eigenvalue weighted by Gasteiger charge is 1.98. The van der Waals surface area contributed by atoms with Crippen molar-refractivity contribution in [3.8, 4) is 0 Å². The average Bonchev–Trinajstić information content (AvgIpc) is 2.73. The molecule has 0 atom stereocenters. The number of rotatable bonds is 3. The predicted octanol–water partition coefficient (Wildman–Crippen LogP) is 3.72. The molecule has 1 aromatic heterocycles. The van der Waals surface area contributed by atoms with Crippen molar-refractivity contribution in [2.24, 2.45) is 0 Å². The number of hydrogen-bond acceptors (Lipinski definition) is 3. The second-order valence-corrected chi connectivity index (χ2v) is 4.42. The minimum atomic E-state index is 0.739. The first kappa shape index (κ1) is 10.5. The Hall–Kier alpha value is -1.06. The molecule has 0 fully saturated rings. The summed E-state index contributed by atoms with van der Waals surface area (Å²) in [6, 6.07) is 5.96. The first-order valence-corrected chi connectivity index (χ1v) is 5.95. The summed E-state index contributed by atoms with van der Waals surface area (Å²) in [5.41, 5.74) is 5.00. The van der Waals surface area contributed by atoms with Gasteiger partial charge in [-0.3, -0.25) is 0 Å². The van der Waals surface area contributed by atoms with Gasteiger partial charge in [-0.25, -0.2) is 4.98 Å². The van der Waals surface area contributed by atoms with Crippen LogP contribution in [0.4, 0.5) is 5.69 Å². The average molecular weight is 239 g/mol. The molecule has 0 amide bonds. The third kappa shape index (κ3) is 2.70. The highest BCUT2D eigenvalue weighted by Crippen LogP contribution is 2.20. The van der Waals surface area contributed by atoms with Crippen LogP contribution in [0.15, 0.2) is 29.1 Å². The summed E-state index contributed by atoms with van der Waals surface area (Å²) in [5, 5.41) is 6.10. The Morgan fingerprint density at radius 1 is 1.47 bits per heavy atom. The number of anilines is 1.